The molecular formula is C3H6ClO3P. The van der Waals surface area contributed by atoms with Crippen molar-refractivity contribution in [3.05, 3.63) is 11.9 Å². The number of halogens is 1. The highest BCUT2D eigenvalue weighted by atomic mass is 35.5. The van der Waals surface area contributed by atoms with Gasteiger partial charge in [-0.25, -0.2) is 0 Å². The van der Waals surface area contributed by atoms with E-state index in [9.17, 15) is 4.57 Å². The van der Waals surface area contributed by atoms with Crippen molar-refractivity contribution in [3.63, 3.8) is 0 Å². The number of allylic oxidation sites excluding steroid dienone is 1. The lowest BCUT2D eigenvalue weighted by Gasteiger charge is -1.90. The zero-order valence-electron chi connectivity index (χ0n) is 3.99. The Morgan fingerprint density at radius 1 is 1.62 bits per heavy atom. The van der Waals surface area contributed by atoms with Gasteiger partial charge in [-0.1, -0.05) is 6.08 Å². The summed E-state index contributed by atoms with van der Waals surface area (Å²) in [5.74, 6) is 0.908. The first-order chi connectivity index (χ1) is 3.56. The largest absolute Gasteiger partial charge is 0.348 e. The molecule has 0 saturated heterocycles. The Morgan fingerprint density at radius 3 is 2.25 bits per heavy atom. The van der Waals surface area contributed by atoms with Crippen molar-refractivity contribution >= 4 is 19.2 Å². The van der Waals surface area contributed by atoms with Crippen LogP contribution in [0.4, 0.5) is 0 Å². The summed E-state index contributed by atoms with van der Waals surface area (Å²) in [6.07, 6.45) is 1.21. The fourth-order valence-corrected chi connectivity index (χ4v) is 0.771. The van der Waals surface area contributed by atoms with Gasteiger partial charge in [0.1, 0.15) is 0 Å². The van der Waals surface area contributed by atoms with Gasteiger partial charge in [0.05, 0.1) is 0 Å². The second-order valence-electron chi connectivity index (χ2n) is 1.13. The first-order valence-corrected chi connectivity index (χ1v) is 4.07. The van der Waals surface area contributed by atoms with Crippen LogP contribution in [0.1, 0.15) is 0 Å². The zero-order chi connectivity index (χ0) is 6.62. The molecule has 0 spiro atoms. The molecule has 0 rings (SSSR count). The van der Waals surface area contributed by atoms with E-state index in [2.05, 4.69) is 0 Å². The van der Waals surface area contributed by atoms with E-state index in [1.807, 2.05) is 0 Å². The van der Waals surface area contributed by atoms with Crippen LogP contribution < -0.4 is 0 Å². The molecule has 2 N–H and O–H groups in total. The highest BCUT2D eigenvalue weighted by Crippen LogP contribution is 2.35. The number of hydrogen-bond donors (Lipinski definition) is 2. The van der Waals surface area contributed by atoms with Crippen LogP contribution in [0.15, 0.2) is 11.9 Å². The molecule has 0 heterocycles. The summed E-state index contributed by atoms with van der Waals surface area (Å²) in [4.78, 5) is 16.2. The third-order valence-corrected chi connectivity index (χ3v) is 1.17. The monoisotopic (exact) mass is 156 g/mol. The molecule has 5 heteroatoms. The van der Waals surface area contributed by atoms with Gasteiger partial charge in [-0.2, -0.15) is 0 Å². The molecule has 0 aliphatic heterocycles. The molecule has 0 fully saturated rings. The molecule has 0 aromatic heterocycles. The number of hydrogen-bond acceptors (Lipinski definition) is 1. The van der Waals surface area contributed by atoms with E-state index in [-0.39, 0.29) is 5.88 Å². The number of alkyl halides is 1. The molecule has 0 amide bonds. The average Bonchev–Trinajstić information content (AvgIpc) is 1.59. The Labute approximate surface area is 52.1 Å². The van der Waals surface area contributed by atoms with Gasteiger partial charge in [0.2, 0.25) is 0 Å². The minimum absolute atomic E-state index is 0.130. The molecule has 48 valence electrons. The van der Waals surface area contributed by atoms with E-state index in [0.29, 0.717) is 0 Å². The fourth-order valence-electron chi connectivity index (χ4n) is 0.177. The molecule has 3 nitrogen and oxygen atoms in total. The SMILES string of the molecule is O=P(O)(O)/C=C/CCl. The lowest BCUT2D eigenvalue weighted by molar-refractivity contribution is 0.386. The maximum absolute atomic E-state index is 9.94. The summed E-state index contributed by atoms with van der Waals surface area (Å²) >= 11 is 5.08. The van der Waals surface area contributed by atoms with Gasteiger partial charge in [0.15, 0.2) is 0 Å². The van der Waals surface area contributed by atoms with E-state index in [1.54, 1.807) is 0 Å². The third-order valence-electron chi connectivity index (χ3n) is 0.389. The molecule has 0 radical (unpaired) electrons. The summed E-state index contributed by atoms with van der Waals surface area (Å²) in [5, 5.41) is 0. The second-order valence-corrected chi connectivity index (χ2v) is 2.91. The van der Waals surface area contributed by atoms with Crippen LogP contribution in [0.2, 0.25) is 0 Å². The molecule has 0 bridgehead atoms. The Balaban J connectivity index is 3.71. The van der Waals surface area contributed by atoms with Gasteiger partial charge in [0, 0.05) is 11.7 Å². The Kier molecular flexibility index (Phi) is 3.33. The predicted molar refractivity (Wildman–Crippen MR) is 31.9 cm³/mol. The standard InChI is InChI=1S/C3H6ClO3P/c4-2-1-3-8(5,6)7/h1,3H,2H2,(H2,5,6,7)/b3-1+. The molecule has 0 aromatic rings. The Morgan fingerprint density at radius 2 is 2.12 bits per heavy atom. The van der Waals surface area contributed by atoms with Crippen molar-refractivity contribution in [3.8, 4) is 0 Å². The zero-order valence-corrected chi connectivity index (χ0v) is 5.64. The lowest BCUT2D eigenvalue weighted by atomic mass is 10.8. The van der Waals surface area contributed by atoms with Gasteiger partial charge in [0.25, 0.3) is 0 Å². The van der Waals surface area contributed by atoms with Crippen molar-refractivity contribution in [2.45, 2.75) is 0 Å². The van der Waals surface area contributed by atoms with E-state index in [4.69, 9.17) is 21.4 Å². The third kappa shape index (κ3) is 6.18. The molecule has 8 heavy (non-hydrogen) atoms. The Bertz CT molecular complexity index is 126. The molecule has 0 aliphatic rings. The van der Waals surface area contributed by atoms with Crippen LogP contribution in [0, 0.1) is 0 Å². The van der Waals surface area contributed by atoms with E-state index >= 15 is 0 Å². The van der Waals surface area contributed by atoms with Crippen LogP contribution in [0.3, 0.4) is 0 Å². The lowest BCUT2D eigenvalue weighted by Crippen LogP contribution is -1.68. The minimum atomic E-state index is -3.95. The fraction of sp³-hybridized carbons (Fsp3) is 0.333. The van der Waals surface area contributed by atoms with Crippen molar-refractivity contribution in [1.82, 2.24) is 0 Å². The summed E-state index contributed by atoms with van der Waals surface area (Å²) in [5.41, 5.74) is 0. The van der Waals surface area contributed by atoms with Crippen molar-refractivity contribution in [1.29, 1.82) is 0 Å². The quantitative estimate of drug-likeness (QED) is 0.462. The van der Waals surface area contributed by atoms with Gasteiger partial charge in [-0.3, -0.25) is 4.57 Å². The van der Waals surface area contributed by atoms with E-state index < -0.39 is 7.60 Å². The van der Waals surface area contributed by atoms with Crippen LogP contribution in [0.5, 0.6) is 0 Å². The highest BCUT2D eigenvalue weighted by Gasteiger charge is 2.03. The predicted octanol–water partition coefficient (Wildman–Crippen LogP) is 0.917. The first kappa shape index (κ1) is 8.18. The van der Waals surface area contributed by atoms with Gasteiger partial charge < -0.3 is 9.79 Å². The first-order valence-electron chi connectivity index (χ1n) is 1.85. The summed E-state index contributed by atoms with van der Waals surface area (Å²) < 4.78 is 9.94. The van der Waals surface area contributed by atoms with Gasteiger partial charge in [-0.05, 0) is 0 Å². The topological polar surface area (TPSA) is 57.5 Å². The van der Waals surface area contributed by atoms with Gasteiger partial charge >= 0.3 is 7.60 Å². The maximum Gasteiger partial charge on any atom is 0.348 e. The van der Waals surface area contributed by atoms with Crippen LogP contribution in [-0.2, 0) is 4.57 Å². The highest BCUT2D eigenvalue weighted by molar-refractivity contribution is 7.55. The van der Waals surface area contributed by atoms with E-state index in [0.717, 1.165) is 5.82 Å². The average molecular weight is 157 g/mol. The molecule has 0 atom stereocenters. The van der Waals surface area contributed by atoms with Crippen molar-refractivity contribution in [2.75, 3.05) is 5.88 Å². The molecular weight excluding hydrogens is 150 g/mol. The van der Waals surface area contributed by atoms with Crippen molar-refractivity contribution in [2.24, 2.45) is 0 Å². The van der Waals surface area contributed by atoms with Crippen molar-refractivity contribution < 1.29 is 14.4 Å². The van der Waals surface area contributed by atoms with Crippen LogP contribution >= 0.6 is 19.2 Å². The van der Waals surface area contributed by atoms with Gasteiger partial charge in [-0.15, -0.1) is 11.6 Å². The maximum atomic E-state index is 9.94. The normalized spacial score (nSPS) is 12.9. The van der Waals surface area contributed by atoms with Crippen LogP contribution in [-0.4, -0.2) is 15.7 Å². The summed E-state index contributed by atoms with van der Waals surface area (Å²) in [6, 6.07) is 0. The van der Waals surface area contributed by atoms with Crippen LogP contribution in [0.25, 0.3) is 0 Å². The molecule has 0 saturated carbocycles. The minimum Gasteiger partial charge on any atom is -0.321 e. The number of rotatable bonds is 2. The molecule has 0 unspecified atom stereocenters. The molecule has 0 aromatic carbocycles. The Hall–Kier alpha value is 0.180. The molecule has 0 aliphatic carbocycles. The summed E-state index contributed by atoms with van der Waals surface area (Å²) in [6.45, 7) is 0. The van der Waals surface area contributed by atoms with E-state index in [1.165, 1.54) is 6.08 Å². The second kappa shape index (κ2) is 3.25. The summed E-state index contributed by atoms with van der Waals surface area (Å²) in [7, 11) is -3.95. The smallest absolute Gasteiger partial charge is 0.321 e.